The molecule has 0 radical (unpaired) electrons. The smallest absolute Gasteiger partial charge is 0.326 e. The quantitative estimate of drug-likeness (QED) is 0.618. The number of rotatable bonds is 7. The van der Waals surface area contributed by atoms with E-state index in [-0.39, 0.29) is 0 Å². The summed E-state index contributed by atoms with van der Waals surface area (Å²) in [5.41, 5.74) is 5.66. The Labute approximate surface area is 121 Å². The topological polar surface area (TPSA) is 119 Å². The highest BCUT2D eigenvalue weighted by Gasteiger charge is 2.20. The number of amides is 2. The summed E-state index contributed by atoms with van der Waals surface area (Å²) in [7, 11) is 1.54. The fourth-order valence-electron chi connectivity index (χ4n) is 1.51. The third kappa shape index (κ3) is 5.77. The molecule has 1 atom stereocenters. The fourth-order valence-corrected chi connectivity index (χ4v) is 1.51. The van der Waals surface area contributed by atoms with E-state index in [0.717, 1.165) is 5.56 Å². The van der Waals surface area contributed by atoms with Gasteiger partial charge >= 0.3 is 5.97 Å². The molecule has 0 saturated carbocycles. The van der Waals surface area contributed by atoms with Gasteiger partial charge in [-0.25, -0.2) is 4.79 Å². The number of nitrogens with one attached hydrogen (secondary N) is 1. The van der Waals surface area contributed by atoms with Crippen molar-refractivity contribution >= 4 is 23.9 Å². The van der Waals surface area contributed by atoms with Crippen LogP contribution in [0.15, 0.2) is 30.3 Å². The minimum Gasteiger partial charge on any atom is -0.497 e. The van der Waals surface area contributed by atoms with Gasteiger partial charge in [0.2, 0.25) is 11.8 Å². The zero-order valence-corrected chi connectivity index (χ0v) is 11.4. The molecule has 7 nitrogen and oxygen atoms in total. The monoisotopic (exact) mass is 292 g/mol. The minimum absolute atomic E-state index is 0.461. The van der Waals surface area contributed by atoms with Gasteiger partial charge in [0, 0.05) is 6.08 Å². The lowest BCUT2D eigenvalue weighted by molar-refractivity contribution is -0.142. The molecule has 2 amide bonds. The van der Waals surface area contributed by atoms with Crippen molar-refractivity contribution in [2.24, 2.45) is 5.73 Å². The summed E-state index contributed by atoms with van der Waals surface area (Å²) < 4.78 is 5.00. The van der Waals surface area contributed by atoms with Crippen LogP contribution in [0.3, 0.4) is 0 Å². The highest BCUT2D eigenvalue weighted by atomic mass is 16.5. The van der Waals surface area contributed by atoms with Crippen molar-refractivity contribution in [3.05, 3.63) is 35.9 Å². The number of benzene rings is 1. The molecule has 0 unspecified atom stereocenters. The Morgan fingerprint density at radius 3 is 2.43 bits per heavy atom. The maximum Gasteiger partial charge on any atom is 0.326 e. The zero-order chi connectivity index (χ0) is 15.8. The fraction of sp³-hybridized carbons (Fsp3) is 0.214. The second-order valence-corrected chi connectivity index (χ2v) is 4.18. The lowest BCUT2D eigenvalue weighted by Crippen LogP contribution is -2.42. The molecule has 0 aliphatic heterocycles. The Balaban J connectivity index is 2.63. The number of hydrogen-bond acceptors (Lipinski definition) is 4. The molecule has 21 heavy (non-hydrogen) atoms. The molecule has 0 fully saturated rings. The molecule has 7 heteroatoms. The van der Waals surface area contributed by atoms with Crippen LogP contribution in [0.4, 0.5) is 0 Å². The normalized spacial score (nSPS) is 11.9. The molecular weight excluding hydrogens is 276 g/mol. The maximum atomic E-state index is 11.6. The first-order valence-electron chi connectivity index (χ1n) is 6.06. The Morgan fingerprint density at radius 2 is 1.95 bits per heavy atom. The van der Waals surface area contributed by atoms with Crippen molar-refractivity contribution in [3.8, 4) is 5.75 Å². The van der Waals surface area contributed by atoms with E-state index in [0.29, 0.717) is 5.75 Å². The Morgan fingerprint density at radius 1 is 1.33 bits per heavy atom. The number of aliphatic carboxylic acids is 1. The molecular formula is C14H16N2O5. The van der Waals surface area contributed by atoms with Gasteiger partial charge < -0.3 is 20.9 Å². The van der Waals surface area contributed by atoms with Crippen LogP contribution < -0.4 is 15.8 Å². The third-order valence-corrected chi connectivity index (χ3v) is 2.56. The van der Waals surface area contributed by atoms with E-state index < -0.39 is 30.2 Å². The van der Waals surface area contributed by atoms with Crippen LogP contribution in [-0.4, -0.2) is 36.0 Å². The van der Waals surface area contributed by atoms with Gasteiger partial charge in [0.05, 0.1) is 13.5 Å². The van der Waals surface area contributed by atoms with E-state index in [9.17, 15) is 14.4 Å². The van der Waals surface area contributed by atoms with Crippen LogP contribution in [0, 0.1) is 0 Å². The third-order valence-electron chi connectivity index (χ3n) is 2.56. The van der Waals surface area contributed by atoms with Gasteiger partial charge in [0.25, 0.3) is 0 Å². The van der Waals surface area contributed by atoms with E-state index >= 15 is 0 Å². The summed E-state index contributed by atoms with van der Waals surface area (Å²) in [4.78, 5) is 33.2. The molecule has 0 saturated heterocycles. The molecule has 0 heterocycles. The van der Waals surface area contributed by atoms with Gasteiger partial charge in [-0.15, -0.1) is 0 Å². The summed E-state index contributed by atoms with van der Waals surface area (Å²) in [6, 6.07) is 5.59. The number of nitrogens with two attached hydrogens (primary N) is 1. The lowest BCUT2D eigenvalue weighted by atomic mass is 10.2. The standard InChI is InChI=1S/C14H16N2O5/c1-21-10-5-2-9(3-6-10)4-7-13(18)16-11(14(19)20)8-12(15)17/h2-7,11H,8H2,1H3,(H2,15,17)(H,16,18)(H,19,20)/b7-4+/t11-/m1/s1. The number of hydrogen-bond donors (Lipinski definition) is 3. The van der Waals surface area contributed by atoms with Gasteiger partial charge in [-0.2, -0.15) is 0 Å². The van der Waals surface area contributed by atoms with Crippen LogP contribution in [-0.2, 0) is 14.4 Å². The zero-order valence-electron chi connectivity index (χ0n) is 11.4. The second-order valence-electron chi connectivity index (χ2n) is 4.18. The summed E-state index contributed by atoms with van der Waals surface area (Å²) in [5.74, 6) is -2.06. The second kappa shape index (κ2) is 7.68. The van der Waals surface area contributed by atoms with Crippen molar-refractivity contribution in [2.75, 3.05) is 7.11 Å². The number of carbonyl (C=O) groups is 3. The largest absolute Gasteiger partial charge is 0.497 e. The van der Waals surface area contributed by atoms with Crippen LogP contribution in [0.25, 0.3) is 6.08 Å². The van der Waals surface area contributed by atoms with Crippen LogP contribution >= 0.6 is 0 Å². The molecule has 0 aliphatic rings. The van der Waals surface area contributed by atoms with Crippen LogP contribution in [0.1, 0.15) is 12.0 Å². The van der Waals surface area contributed by atoms with E-state index in [1.165, 1.54) is 12.2 Å². The van der Waals surface area contributed by atoms with Crippen LogP contribution in [0.5, 0.6) is 5.75 Å². The predicted molar refractivity (Wildman–Crippen MR) is 75.4 cm³/mol. The number of carboxylic acid groups (broad SMARTS) is 1. The molecule has 1 aromatic carbocycles. The molecule has 1 rings (SSSR count). The SMILES string of the molecule is COc1ccc(/C=C/C(=O)N[C@H](CC(N)=O)C(=O)O)cc1. The highest BCUT2D eigenvalue weighted by Crippen LogP contribution is 2.12. The number of carbonyl (C=O) groups excluding carboxylic acids is 2. The number of methoxy groups -OCH3 is 1. The first-order valence-corrected chi connectivity index (χ1v) is 6.06. The Hall–Kier alpha value is -2.83. The molecule has 0 aromatic heterocycles. The van der Waals surface area contributed by atoms with E-state index in [1.807, 2.05) is 0 Å². The molecule has 0 bridgehead atoms. The van der Waals surface area contributed by atoms with Crippen molar-refractivity contribution in [1.82, 2.24) is 5.32 Å². The van der Waals surface area contributed by atoms with Gasteiger partial charge in [-0.3, -0.25) is 9.59 Å². The van der Waals surface area contributed by atoms with Gasteiger partial charge in [0.1, 0.15) is 11.8 Å². The van der Waals surface area contributed by atoms with Crippen molar-refractivity contribution < 1.29 is 24.2 Å². The number of ether oxygens (including phenoxy) is 1. The first kappa shape index (κ1) is 16.2. The predicted octanol–water partition coefficient (Wildman–Crippen LogP) is 0.153. The van der Waals surface area contributed by atoms with E-state index in [2.05, 4.69) is 5.32 Å². The average molecular weight is 292 g/mol. The van der Waals surface area contributed by atoms with Crippen molar-refractivity contribution in [1.29, 1.82) is 0 Å². The molecule has 112 valence electrons. The highest BCUT2D eigenvalue weighted by molar-refractivity contribution is 5.95. The average Bonchev–Trinajstić information content (AvgIpc) is 2.44. The summed E-state index contributed by atoms with van der Waals surface area (Å²) >= 11 is 0. The molecule has 4 N–H and O–H groups in total. The van der Waals surface area contributed by atoms with E-state index in [1.54, 1.807) is 31.4 Å². The summed E-state index contributed by atoms with van der Waals surface area (Å²) in [6.07, 6.45) is 2.23. The molecule has 1 aromatic rings. The van der Waals surface area contributed by atoms with Gasteiger partial charge in [-0.1, -0.05) is 12.1 Å². The summed E-state index contributed by atoms with van der Waals surface area (Å²) in [6.45, 7) is 0. The van der Waals surface area contributed by atoms with Gasteiger partial charge in [-0.05, 0) is 23.8 Å². The summed E-state index contributed by atoms with van der Waals surface area (Å²) in [5, 5.41) is 11.0. The van der Waals surface area contributed by atoms with Gasteiger partial charge in [0.15, 0.2) is 0 Å². The number of carboxylic acids is 1. The molecule has 0 spiro atoms. The van der Waals surface area contributed by atoms with E-state index in [4.69, 9.17) is 15.6 Å². The van der Waals surface area contributed by atoms with Crippen LogP contribution in [0.2, 0.25) is 0 Å². The Bertz CT molecular complexity index is 551. The molecule has 0 aliphatic carbocycles. The maximum absolute atomic E-state index is 11.6. The number of primary amides is 1. The lowest BCUT2D eigenvalue weighted by Gasteiger charge is -2.10. The minimum atomic E-state index is -1.34. The van der Waals surface area contributed by atoms with Crippen molar-refractivity contribution in [2.45, 2.75) is 12.5 Å². The first-order chi connectivity index (χ1) is 9.92. The van der Waals surface area contributed by atoms with Crippen molar-refractivity contribution in [3.63, 3.8) is 0 Å². The Kier molecular flexibility index (Phi) is 5.94.